The molecule has 0 aromatic rings. The highest BCUT2D eigenvalue weighted by Crippen LogP contribution is 2.29. The van der Waals surface area contributed by atoms with Crippen molar-refractivity contribution in [2.75, 3.05) is 40.0 Å². The summed E-state index contributed by atoms with van der Waals surface area (Å²) in [5.74, 6) is 3.93. The van der Waals surface area contributed by atoms with Gasteiger partial charge in [-0.2, -0.15) is 0 Å². The average molecular weight is 1090 g/mol. The molecule has 7 nitrogen and oxygen atoms in total. The summed E-state index contributed by atoms with van der Waals surface area (Å²) in [5, 5.41) is 0. The lowest BCUT2D eigenvalue weighted by molar-refractivity contribution is -0.167. The van der Waals surface area contributed by atoms with Gasteiger partial charge in [-0.05, 0) is 51.4 Å². The summed E-state index contributed by atoms with van der Waals surface area (Å²) in [6.45, 7) is 21.6. The highest BCUT2D eigenvalue weighted by atomic mass is 16.7. The van der Waals surface area contributed by atoms with E-state index in [4.69, 9.17) is 33.2 Å². The summed E-state index contributed by atoms with van der Waals surface area (Å²) in [6, 6.07) is 0. The minimum atomic E-state index is -0.221. The van der Waals surface area contributed by atoms with Crippen LogP contribution in [-0.4, -0.2) is 52.2 Å². The Hall–Kier alpha value is -1.44. The Morgan fingerprint density at radius 1 is 0.234 bits per heavy atom. The van der Waals surface area contributed by atoms with Crippen LogP contribution in [-0.2, 0) is 33.2 Å². The van der Waals surface area contributed by atoms with Crippen LogP contribution in [0.1, 0.15) is 376 Å². The minimum Gasteiger partial charge on any atom is -0.494 e. The SMILES string of the molecule is CCCCCCCCCOC(CCCCC)=C(OCCCCCCCCC)C(CCCCCCCC)OCOCOC(CCCCCCCC)C(OCCCCCCCCC)=C(CCCCC)OCCCCCCCCC. The van der Waals surface area contributed by atoms with Crippen molar-refractivity contribution >= 4 is 0 Å². The second-order valence-electron chi connectivity index (χ2n) is 23.2. The molecule has 0 aliphatic carbocycles. The van der Waals surface area contributed by atoms with Crippen molar-refractivity contribution < 1.29 is 33.2 Å². The van der Waals surface area contributed by atoms with Crippen molar-refractivity contribution in [3.05, 3.63) is 23.0 Å². The van der Waals surface area contributed by atoms with E-state index in [0.717, 1.165) is 113 Å². The molecule has 77 heavy (non-hydrogen) atoms. The Bertz CT molecular complexity index is 1110. The van der Waals surface area contributed by atoms with E-state index in [-0.39, 0.29) is 25.8 Å². The lowest BCUT2D eigenvalue weighted by Crippen LogP contribution is -2.25. The second kappa shape index (κ2) is 63.7. The number of allylic oxidation sites excluding steroid dienone is 2. The Morgan fingerprint density at radius 3 is 0.727 bits per heavy atom. The molecule has 0 bridgehead atoms. The highest BCUT2D eigenvalue weighted by Gasteiger charge is 2.25. The van der Waals surface area contributed by atoms with Gasteiger partial charge in [0.1, 0.15) is 23.7 Å². The molecular formula is C70H138O7. The molecule has 0 fully saturated rings. The van der Waals surface area contributed by atoms with Gasteiger partial charge < -0.3 is 33.2 Å². The zero-order chi connectivity index (χ0) is 56.0. The number of unbranched alkanes of at least 4 members (excludes halogenated alkanes) is 38. The van der Waals surface area contributed by atoms with E-state index in [2.05, 4.69) is 55.4 Å². The molecule has 2 unspecified atom stereocenters. The van der Waals surface area contributed by atoms with Crippen molar-refractivity contribution in [3.8, 4) is 0 Å². The molecule has 460 valence electrons. The van der Waals surface area contributed by atoms with Gasteiger partial charge in [-0.3, -0.25) is 0 Å². The maximum absolute atomic E-state index is 6.97. The summed E-state index contributed by atoms with van der Waals surface area (Å²) < 4.78 is 48.0. The summed E-state index contributed by atoms with van der Waals surface area (Å²) in [4.78, 5) is 0. The van der Waals surface area contributed by atoms with Crippen LogP contribution in [0, 0.1) is 0 Å². The van der Waals surface area contributed by atoms with E-state index < -0.39 is 0 Å². The van der Waals surface area contributed by atoms with Gasteiger partial charge >= 0.3 is 0 Å². The molecule has 0 spiro atoms. The predicted molar refractivity (Wildman–Crippen MR) is 335 cm³/mol. The molecule has 0 N–H and O–H groups in total. The maximum Gasteiger partial charge on any atom is 0.162 e. The van der Waals surface area contributed by atoms with Crippen molar-refractivity contribution in [1.82, 2.24) is 0 Å². The normalized spacial score (nSPS) is 13.2. The standard InChI is InChI=1S/C70H138O7/c1-9-17-25-31-37-43-51-59-72-65(55-47-23-15-7)69(74-61-53-45-39-33-27-19-11-3)67(57-49-41-35-29-21-13-5)76-63-71-64-77-68(58-50-42-36-30-22-14-6)70(75-62-54-46-40-34-28-20-12-4)66(56-48-24-16-8)73-60-52-44-38-32-26-18-10-2/h67-68H,9-64H2,1-8H3. The summed E-state index contributed by atoms with van der Waals surface area (Å²) in [6.07, 6.45) is 60.4. The summed E-state index contributed by atoms with van der Waals surface area (Å²) in [5.41, 5.74) is 0. The van der Waals surface area contributed by atoms with Gasteiger partial charge in [0.2, 0.25) is 0 Å². The molecule has 0 heterocycles. The predicted octanol–water partition coefficient (Wildman–Crippen LogP) is 23.8. The van der Waals surface area contributed by atoms with Crippen LogP contribution in [0.25, 0.3) is 0 Å². The van der Waals surface area contributed by atoms with Crippen LogP contribution in [0.3, 0.4) is 0 Å². The van der Waals surface area contributed by atoms with Crippen LogP contribution >= 0.6 is 0 Å². The smallest absolute Gasteiger partial charge is 0.162 e. The molecule has 0 radical (unpaired) electrons. The van der Waals surface area contributed by atoms with E-state index in [1.807, 2.05) is 0 Å². The number of ether oxygens (including phenoxy) is 7. The molecular weight excluding hydrogens is 953 g/mol. The Morgan fingerprint density at radius 2 is 0.455 bits per heavy atom. The second-order valence-corrected chi connectivity index (χ2v) is 23.2. The highest BCUT2D eigenvalue weighted by molar-refractivity contribution is 5.09. The Kier molecular flexibility index (Phi) is 62.5. The molecule has 0 saturated carbocycles. The number of hydrogen-bond donors (Lipinski definition) is 0. The van der Waals surface area contributed by atoms with Crippen LogP contribution < -0.4 is 0 Å². The van der Waals surface area contributed by atoms with Crippen LogP contribution in [0.2, 0.25) is 0 Å². The largest absolute Gasteiger partial charge is 0.494 e. The third kappa shape index (κ3) is 50.1. The molecule has 0 saturated heterocycles. The Balaban J connectivity index is 6.81. The van der Waals surface area contributed by atoms with Crippen molar-refractivity contribution in [3.63, 3.8) is 0 Å². The Labute approximate surface area is 482 Å². The first-order chi connectivity index (χ1) is 38.1. The third-order valence-electron chi connectivity index (χ3n) is 15.6. The number of hydrogen-bond acceptors (Lipinski definition) is 7. The van der Waals surface area contributed by atoms with Gasteiger partial charge in [-0.25, -0.2) is 0 Å². The lowest BCUT2D eigenvalue weighted by atomic mass is 10.0. The van der Waals surface area contributed by atoms with Crippen molar-refractivity contribution in [2.45, 2.75) is 389 Å². The molecule has 0 aromatic carbocycles. The number of rotatable bonds is 66. The molecule has 2 atom stereocenters. The van der Waals surface area contributed by atoms with Gasteiger partial charge in [0.05, 0.1) is 26.4 Å². The average Bonchev–Trinajstić information content (AvgIpc) is 3.43. The summed E-state index contributed by atoms with van der Waals surface area (Å²) >= 11 is 0. The molecule has 0 aromatic heterocycles. The van der Waals surface area contributed by atoms with Crippen molar-refractivity contribution in [1.29, 1.82) is 0 Å². The van der Waals surface area contributed by atoms with Gasteiger partial charge in [-0.15, -0.1) is 0 Å². The zero-order valence-corrected chi connectivity index (χ0v) is 53.6. The molecule has 7 heteroatoms. The fourth-order valence-corrected chi connectivity index (χ4v) is 10.4. The van der Waals surface area contributed by atoms with E-state index >= 15 is 0 Å². The van der Waals surface area contributed by atoms with Gasteiger partial charge in [0.25, 0.3) is 0 Å². The van der Waals surface area contributed by atoms with Crippen LogP contribution in [0.15, 0.2) is 23.0 Å². The first-order valence-corrected chi connectivity index (χ1v) is 34.9. The minimum absolute atomic E-state index is 0.143. The van der Waals surface area contributed by atoms with E-state index in [1.165, 1.54) is 244 Å². The molecule has 0 amide bonds. The topological polar surface area (TPSA) is 64.6 Å². The van der Waals surface area contributed by atoms with Gasteiger partial charge in [0, 0.05) is 12.8 Å². The maximum atomic E-state index is 6.97. The van der Waals surface area contributed by atoms with Crippen LogP contribution in [0.5, 0.6) is 0 Å². The van der Waals surface area contributed by atoms with Crippen molar-refractivity contribution in [2.24, 2.45) is 0 Å². The fraction of sp³-hybridized carbons (Fsp3) is 0.943. The molecule has 0 aliphatic rings. The van der Waals surface area contributed by atoms with Crippen LogP contribution in [0.4, 0.5) is 0 Å². The first-order valence-electron chi connectivity index (χ1n) is 34.9. The van der Waals surface area contributed by atoms with Gasteiger partial charge in [0.15, 0.2) is 25.1 Å². The summed E-state index contributed by atoms with van der Waals surface area (Å²) in [7, 11) is 0. The quantitative estimate of drug-likeness (QED) is 0.0342. The zero-order valence-electron chi connectivity index (χ0n) is 53.6. The lowest BCUT2D eigenvalue weighted by Gasteiger charge is -2.26. The first kappa shape index (κ1) is 75.6. The van der Waals surface area contributed by atoms with Gasteiger partial charge in [-0.1, -0.05) is 312 Å². The molecule has 0 rings (SSSR count). The molecule has 0 aliphatic heterocycles. The van der Waals surface area contributed by atoms with E-state index in [1.54, 1.807) is 0 Å². The monoisotopic (exact) mass is 1090 g/mol. The fourth-order valence-electron chi connectivity index (χ4n) is 10.4. The van der Waals surface area contributed by atoms with E-state index in [0.29, 0.717) is 13.2 Å². The third-order valence-corrected chi connectivity index (χ3v) is 15.6. The van der Waals surface area contributed by atoms with E-state index in [9.17, 15) is 0 Å².